The molecule has 8 heteroatoms. The monoisotopic (exact) mass is 284 g/mol. The first kappa shape index (κ1) is 13.9. The van der Waals surface area contributed by atoms with Crippen LogP contribution in [0.1, 0.15) is 5.56 Å². The van der Waals surface area contributed by atoms with Crippen LogP contribution in [0.5, 0.6) is 0 Å². The number of halogens is 5. The van der Waals surface area contributed by atoms with Gasteiger partial charge in [0.15, 0.2) is 4.98 Å². The Hall–Kier alpha value is -1.10. The molecule has 0 amide bonds. The Morgan fingerprint density at radius 1 is 1.20 bits per heavy atom. The molecule has 0 aliphatic carbocycles. The number of benzene rings is 1. The molecule has 0 radical (unpaired) electrons. The highest BCUT2D eigenvalue weighted by atomic mass is 79.9. The summed E-state index contributed by atoms with van der Waals surface area (Å²) in [6.07, 6.45) is 0. The van der Waals surface area contributed by atoms with E-state index in [9.17, 15) is 17.3 Å². The Balaban J connectivity index is 0.000000336. The SMILES string of the molecule is Cc1cc(Br)cc([N+]#N)c1.F[B-](F)(F)F. The van der Waals surface area contributed by atoms with Gasteiger partial charge in [-0.05, 0) is 18.6 Å². The lowest BCUT2D eigenvalue weighted by Gasteiger charge is -1.94. The second-order valence-electron chi connectivity index (χ2n) is 2.58. The van der Waals surface area contributed by atoms with Gasteiger partial charge in [0.05, 0.1) is 0 Å². The summed E-state index contributed by atoms with van der Waals surface area (Å²) in [5, 5.41) is 8.39. The van der Waals surface area contributed by atoms with Crippen molar-refractivity contribution in [1.82, 2.24) is 0 Å². The Labute approximate surface area is 92.1 Å². The molecule has 0 saturated heterocycles. The van der Waals surface area contributed by atoms with E-state index in [2.05, 4.69) is 20.9 Å². The van der Waals surface area contributed by atoms with Crippen molar-refractivity contribution in [2.45, 2.75) is 6.92 Å². The predicted molar refractivity (Wildman–Crippen MR) is 53.8 cm³/mol. The van der Waals surface area contributed by atoms with Gasteiger partial charge in [0.2, 0.25) is 5.39 Å². The van der Waals surface area contributed by atoms with Crippen molar-refractivity contribution in [1.29, 1.82) is 5.39 Å². The van der Waals surface area contributed by atoms with E-state index in [-0.39, 0.29) is 0 Å². The van der Waals surface area contributed by atoms with Crippen molar-refractivity contribution in [3.8, 4) is 0 Å². The number of rotatable bonds is 0. The molecule has 0 unspecified atom stereocenters. The molecule has 1 rings (SSSR count). The molecular weight excluding hydrogens is 279 g/mol. The third-order valence-electron chi connectivity index (χ3n) is 1.14. The zero-order chi connectivity index (χ0) is 12.1. The highest BCUT2D eigenvalue weighted by Gasteiger charge is 2.20. The van der Waals surface area contributed by atoms with Crippen molar-refractivity contribution in [2.75, 3.05) is 0 Å². The third-order valence-corrected chi connectivity index (χ3v) is 1.60. The lowest BCUT2D eigenvalue weighted by Crippen LogP contribution is -2.02. The summed E-state index contributed by atoms with van der Waals surface area (Å²) in [7, 11) is -6.00. The van der Waals surface area contributed by atoms with Crippen LogP contribution in [0, 0.1) is 12.3 Å². The van der Waals surface area contributed by atoms with Gasteiger partial charge >= 0.3 is 12.9 Å². The average Bonchev–Trinajstić information content (AvgIpc) is 1.99. The number of diazo groups is 1. The van der Waals surface area contributed by atoms with Gasteiger partial charge in [0, 0.05) is 16.6 Å². The molecule has 1 aromatic rings. The zero-order valence-electron chi connectivity index (χ0n) is 7.59. The Morgan fingerprint density at radius 3 is 2.00 bits per heavy atom. The minimum Gasteiger partial charge on any atom is -0.418 e. The molecule has 2 nitrogen and oxygen atoms in total. The summed E-state index contributed by atoms with van der Waals surface area (Å²) in [4.78, 5) is 3.06. The molecular formula is C7H6BBrF4N2. The number of aryl methyl sites for hydroxylation is 1. The maximum Gasteiger partial charge on any atom is 0.673 e. The van der Waals surface area contributed by atoms with Gasteiger partial charge in [0.1, 0.15) is 0 Å². The Kier molecular flexibility index (Phi) is 5.29. The van der Waals surface area contributed by atoms with Crippen LogP contribution in [0.2, 0.25) is 0 Å². The fourth-order valence-electron chi connectivity index (χ4n) is 0.775. The molecule has 0 saturated carbocycles. The predicted octanol–water partition coefficient (Wildman–Crippen LogP) is 4.54. The largest absolute Gasteiger partial charge is 0.673 e. The molecule has 0 fully saturated rings. The number of nitrogens with zero attached hydrogens (tertiary/aromatic N) is 2. The molecule has 0 aliphatic rings. The van der Waals surface area contributed by atoms with Crippen molar-refractivity contribution >= 4 is 28.9 Å². The van der Waals surface area contributed by atoms with E-state index in [4.69, 9.17) is 5.39 Å². The summed E-state index contributed by atoms with van der Waals surface area (Å²) in [5.41, 5.74) is 1.65. The normalized spacial score (nSPS) is 9.93. The van der Waals surface area contributed by atoms with E-state index in [1.54, 1.807) is 12.1 Å². The van der Waals surface area contributed by atoms with Gasteiger partial charge in [-0.15, -0.1) is 0 Å². The summed E-state index contributed by atoms with van der Waals surface area (Å²) in [6, 6.07) is 5.49. The minimum atomic E-state index is -6.00. The summed E-state index contributed by atoms with van der Waals surface area (Å²) < 4.78 is 39.9. The van der Waals surface area contributed by atoms with E-state index in [0.29, 0.717) is 5.69 Å². The van der Waals surface area contributed by atoms with Crippen LogP contribution in [-0.2, 0) is 0 Å². The smallest absolute Gasteiger partial charge is 0.418 e. The molecule has 0 spiro atoms. The van der Waals surface area contributed by atoms with Crippen molar-refractivity contribution < 1.29 is 17.3 Å². The second-order valence-corrected chi connectivity index (χ2v) is 3.50. The van der Waals surface area contributed by atoms with Gasteiger partial charge in [-0.3, -0.25) is 0 Å². The van der Waals surface area contributed by atoms with Crippen LogP contribution in [-0.4, -0.2) is 7.25 Å². The van der Waals surface area contributed by atoms with E-state index in [1.807, 2.05) is 13.0 Å². The zero-order valence-corrected chi connectivity index (χ0v) is 9.18. The highest BCUT2D eigenvalue weighted by Crippen LogP contribution is 2.20. The third kappa shape index (κ3) is 9.21. The van der Waals surface area contributed by atoms with Crippen LogP contribution in [0.25, 0.3) is 4.98 Å². The van der Waals surface area contributed by atoms with Gasteiger partial charge in [-0.25, -0.2) is 0 Å². The molecule has 82 valence electrons. The van der Waals surface area contributed by atoms with E-state index < -0.39 is 7.25 Å². The van der Waals surface area contributed by atoms with Crippen LogP contribution in [0.4, 0.5) is 23.0 Å². The van der Waals surface area contributed by atoms with Gasteiger partial charge in [-0.2, -0.15) is 0 Å². The van der Waals surface area contributed by atoms with Crippen LogP contribution >= 0.6 is 15.9 Å². The number of hydrogen-bond donors (Lipinski definition) is 0. The van der Waals surface area contributed by atoms with Gasteiger partial charge in [-0.1, -0.05) is 15.9 Å². The van der Waals surface area contributed by atoms with Crippen molar-refractivity contribution in [3.05, 3.63) is 33.2 Å². The maximum absolute atomic E-state index is 9.75. The van der Waals surface area contributed by atoms with Crippen LogP contribution in [0.3, 0.4) is 0 Å². The van der Waals surface area contributed by atoms with Gasteiger partial charge < -0.3 is 17.3 Å². The standard InChI is InChI=1S/C7H6BrN2.BF4/c1-5-2-6(8)4-7(3-5)10-9;2-1(3,4)5/h2-4H,1H3;/q+1;-1. The fourth-order valence-corrected chi connectivity index (χ4v) is 1.37. The summed E-state index contributed by atoms with van der Waals surface area (Å²) in [6.45, 7) is 1.94. The Morgan fingerprint density at radius 2 is 1.67 bits per heavy atom. The van der Waals surface area contributed by atoms with Crippen molar-refractivity contribution in [2.24, 2.45) is 0 Å². The molecule has 0 heterocycles. The molecule has 1 aromatic carbocycles. The first-order chi connectivity index (χ1) is 6.72. The van der Waals surface area contributed by atoms with E-state index in [1.165, 1.54) is 0 Å². The first-order valence-electron chi connectivity index (χ1n) is 3.72. The average molecular weight is 285 g/mol. The van der Waals surface area contributed by atoms with Crippen molar-refractivity contribution in [3.63, 3.8) is 0 Å². The maximum atomic E-state index is 9.75. The van der Waals surface area contributed by atoms with Gasteiger partial charge in [0.25, 0.3) is 0 Å². The highest BCUT2D eigenvalue weighted by molar-refractivity contribution is 9.10. The topological polar surface area (TPSA) is 28.1 Å². The Bertz CT molecular complexity index is 348. The molecule has 0 bridgehead atoms. The molecule has 0 aliphatic heterocycles. The minimum absolute atomic E-state index is 0.576. The molecule has 0 aromatic heterocycles. The summed E-state index contributed by atoms with van der Waals surface area (Å²) in [5.74, 6) is 0. The molecule has 15 heavy (non-hydrogen) atoms. The lowest BCUT2D eigenvalue weighted by atomic mass is 10.2. The van der Waals surface area contributed by atoms with Crippen LogP contribution < -0.4 is 0 Å². The number of hydrogen-bond acceptors (Lipinski definition) is 1. The molecule has 0 N–H and O–H groups in total. The lowest BCUT2D eigenvalue weighted by molar-refractivity contribution is 0.368. The van der Waals surface area contributed by atoms with E-state index >= 15 is 0 Å². The quantitative estimate of drug-likeness (QED) is 0.390. The molecule has 0 atom stereocenters. The first-order valence-corrected chi connectivity index (χ1v) is 4.51. The summed E-state index contributed by atoms with van der Waals surface area (Å²) >= 11 is 3.28. The van der Waals surface area contributed by atoms with Crippen LogP contribution in [0.15, 0.2) is 22.7 Å². The fraction of sp³-hybridized carbons (Fsp3) is 0.143. The second kappa shape index (κ2) is 5.71. The van der Waals surface area contributed by atoms with E-state index in [0.717, 1.165) is 10.0 Å².